The van der Waals surface area contributed by atoms with E-state index in [1.165, 1.54) is 12.1 Å². The second kappa shape index (κ2) is 5.06. The van der Waals surface area contributed by atoms with E-state index in [-0.39, 0.29) is 6.61 Å². The second-order valence-electron chi connectivity index (χ2n) is 5.48. The number of pyridine rings is 1. The Morgan fingerprint density at radius 2 is 1.71 bits per heavy atom. The highest BCUT2D eigenvalue weighted by Gasteiger charge is 2.31. The Labute approximate surface area is 134 Å². The molecule has 0 amide bonds. The molecule has 2 heterocycles. The van der Waals surface area contributed by atoms with E-state index in [0.717, 1.165) is 12.1 Å². The Kier molecular flexibility index (Phi) is 3.09. The van der Waals surface area contributed by atoms with Gasteiger partial charge in [-0.15, -0.1) is 0 Å². The summed E-state index contributed by atoms with van der Waals surface area (Å²) in [4.78, 5) is 16.6. The van der Waals surface area contributed by atoms with Gasteiger partial charge in [0.15, 0.2) is 0 Å². The van der Waals surface area contributed by atoms with E-state index in [9.17, 15) is 18.0 Å². The maximum atomic E-state index is 12.7. The molecule has 0 bridgehead atoms. The van der Waals surface area contributed by atoms with Crippen molar-refractivity contribution in [3.05, 3.63) is 65.2 Å². The summed E-state index contributed by atoms with van der Waals surface area (Å²) in [5, 5.41) is 0.686. The van der Waals surface area contributed by atoms with Crippen molar-refractivity contribution < 1.29 is 22.7 Å². The topological polar surface area (TPSA) is 39.2 Å². The van der Waals surface area contributed by atoms with Gasteiger partial charge in [-0.2, -0.15) is 13.2 Å². The molecule has 0 saturated carbocycles. The molecule has 0 radical (unpaired) electrons. The number of alkyl halides is 3. The van der Waals surface area contributed by atoms with Crippen LogP contribution < -0.4 is 0 Å². The molecule has 0 N–H and O–H groups in total. The van der Waals surface area contributed by atoms with Crippen LogP contribution in [0.1, 0.15) is 21.5 Å². The van der Waals surface area contributed by atoms with Gasteiger partial charge in [0.25, 0.3) is 0 Å². The number of esters is 1. The molecule has 120 valence electrons. The number of fused-ring (bicyclic) bond motifs is 3. The monoisotopic (exact) mass is 329 g/mol. The van der Waals surface area contributed by atoms with E-state index >= 15 is 0 Å². The SMILES string of the molecule is O=C1OCc2c(-c3ccc(C(F)(F)F)cc3)nc3ccccc3c21. The van der Waals surface area contributed by atoms with Gasteiger partial charge in [0.1, 0.15) is 6.61 Å². The Morgan fingerprint density at radius 3 is 2.42 bits per heavy atom. The van der Waals surface area contributed by atoms with Crippen molar-refractivity contribution in [3.8, 4) is 11.3 Å². The molecule has 6 heteroatoms. The van der Waals surface area contributed by atoms with Crippen LogP contribution in [0.25, 0.3) is 22.2 Å². The maximum Gasteiger partial charge on any atom is 0.416 e. The van der Waals surface area contributed by atoms with Crippen LogP contribution in [0, 0.1) is 0 Å². The van der Waals surface area contributed by atoms with E-state index in [0.29, 0.717) is 33.3 Å². The van der Waals surface area contributed by atoms with E-state index in [2.05, 4.69) is 4.98 Å². The fourth-order valence-corrected chi connectivity index (χ4v) is 2.89. The number of hydrogen-bond acceptors (Lipinski definition) is 3. The summed E-state index contributed by atoms with van der Waals surface area (Å²) in [7, 11) is 0. The number of halogens is 3. The molecule has 1 aromatic heterocycles. The average molecular weight is 329 g/mol. The van der Waals surface area contributed by atoms with Crippen molar-refractivity contribution in [2.24, 2.45) is 0 Å². The van der Waals surface area contributed by atoms with Gasteiger partial charge >= 0.3 is 12.1 Å². The number of benzene rings is 2. The number of nitrogens with zero attached hydrogens (tertiary/aromatic N) is 1. The van der Waals surface area contributed by atoms with Crippen molar-refractivity contribution in [2.45, 2.75) is 12.8 Å². The minimum absolute atomic E-state index is 0.0718. The van der Waals surface area contributed by atoms with Crippen LogP contribution >= 0.6 is 0 Å². The summed E-state index contributed by atoms with van der Waals surface area (Å²) >= 11 is 0. The molecule has 0 unspecified atom stereocenters. The number of hydrogen-bond donors (Lipinski definition) is 0. The number of rotatable bonds is 1. The molecule has 3 nitrogen and oxygen atoms in total. The largest absolute Gasteiger partial charge is 0.457 e. The van der Waals surface area contributed by atoms with Gasteiger partial charge in [-0.3, -0.25) is 0 Å². The van der Waals surface area contributed by atoms with Crippen LogP contribution in [0.15, 0.2) is 48.5 Å². The van der Waals surface area contributed by atoms with Crippen LogP contribution in [0.3, 0.4) is 0 Å². The van der Waals surface area contributed by atoms with E-state index in [1.807, 2.05) is 0 Å². The van der Waals surface area contributed by atoms with Gasteiger partial charge < -0.3 is 4.74 Å². The molecule has 2 aromatic carbocycles. The summed E-state index contributed by atoms with van der Waals surface area (Å²) in [6.07, 6.45) is -4.39. The number of aromatic nitrogens is 1. The van der Waals surface area contributed by atoms with Crippen molar-refractivity contribution in [3.63, 3.8) is 0 Å². The first kappa shape index (κ1) is 14.7. The minimum Gasteiger partial charge on any atom is -0.457 e. The molecule has 0 atom stereocenters. The Balaban J connectivity index is 1.93. The molecule has 1 aliphatic heterocycles. The predicted molar refractivity (Wildman–Crippen MR) is 81.3 cm³/mol. The first-order valence-corrected chi connectivity index (χ1v) is 7.21. The Hall–Kier alpha value is -2.89. The van der Waals surface area contributed by atoms with Crippen LogP contribution in [0.4, 0.5) is 13.2 Å². The fourth-order valence-electron chi connectivity index (χ4n) is 2.89. The minimum atomic E-state index is -4.39. The van der Waals surface area contributed by atoms with Crippen LogP contribution in [-0.2, 0) is 17.5 Å². The maximum absolute atomic E-state index is 12.7. The highest BCUT2D eigenvalue weighted by molar-refractivity contribution is 6.08. The first-order chi connectivity index (χ1) is 11.4. The number of para-hydroxylation sites is 1. The molecule has 3 aromatic rings. The lowest BCUT2D eigenvalue weighted by Crippen LogP contribution is -2.04. The van der Waals surface area contributed by atoms with Gasteiger partial charge in [-0.25, -0.2) is 9.78 Å². The third-order valence-electron chi connectivity index (χ3n) is 4.03. The summed E-state index contributed by atoms with van der Waals surface area (Å²) < 4.78 is 43.3. The smallest absolute Gasteiger partial charge is 0.416 e. The molecular formula is C18H10F3NO2. The standard InChI is InChI=1S/C18H10F3NO2/c19-18(20,21)11-7-5-10(6-8-11)16-13-9-24-17(23)15(13)12-3-1-2-4-14(12)22-16/h1-8H,9H2. The molecule has 4 rings (SSSR count). The third-order valence-corrected chi connectivity index (χ3v) is 4.03. The summed E-state index contributed by atoms with van der Waals surface area (Å²) in [6.45, 7) is 0.0718. The number of ether oxygens (including phenoxy) is 1. The number of carbonyl (C=O) groups excluding carboxylic acids is 1. The summed E-state index contributed by atoms with van der Waals surface area (Å²) in [5.74, 6) is -0.434. The lowest BCUT2D eigenvalue weighted by Gasteiger charge is -2.11. The molecular weight excluding hydrogens is 319 g/mol. The fraction of sp³-hybridized carbons (Fsp3) is 0.111. The van der Waals surface area contributed by atoms with Crippen LogP contribution in [0.5, 0.6) is 0 Å². The summed E-state index contributed by atoms with van der Waals surface area (Å²) in [5.41, 5.74) is 1.92. The van der Waals surface area contributed by atoms with Gasteiger partial charge in [-0.05, 0) is 18.2 Å². The van der Waals surface area contributed by atoms with Crippen molar-refractivity contribution >= 4 is 16.9 Å². The molecule has 0 spiro atoms. The quantitative estimate of drug-likeness (QED) is 0.613. The average Bonchev–Trinajstić information content (AvgIpc) is 2.96. The zero-order chi connectivity index (χ0) is 16.9. The molecule has 1 aliphatic rings. The van der Waals surface area contributed by atoms with Crippen LogP contribution in [0.2, 0.25) is 0 Å². The highest BCUT2D eigenvalue weighted by Crippen LogP contribution is 2.36. The van der Waals surface area contributed by atoms with E-state index in [1.54, 1.807) is 24.3 Å². The van der Waals surface area contributed by atoms with Crippen molar-refractivity contribution in [2.75, 3.05) is 0 Å². The van der Waals surface area contributed by atoms with Crippen molar-refractivity contribution in [1.29, 1.82) is 0 Å². The number of cyclic esters (lactones) is 1. The molecule has 0 fully saturated rings. The second-order valence-corrected chi connectivity index (χ2v) is 5.48. The highest BCUT2D eigenvalue weighted by atomic mass is 19.4. The molecule has 24 heavy (non-hydrogen) atoms. The lowest BCUT2D eigenvalue weighted by atomic mass is 9.98. The van der Waals surface area contributed by atoms with Gasteiger partial charge in [0.2, 0.25) is 0 Å². The van der Waals surface area contributed by atoms with E-state index < -0.39 is 17.7 Å². The number of carbonyl (C=O) groups is 1. The Morgan fingerprint density at radius 1 is 1.00 bits per heavy atom. The van der Waals surface area contributed by atoms with Crippen LogP contribution in [-0.4, -0.2) is 11.0 Å². The molecule has 0 aliphatic carbocycles. The zero-order valence-corrected chi connectivity index (χ0v) is 12.2. The zero-order valence-electron chi connectivity index (χ0n) is 12.2. The van der Waals surface area contributed by atoms with E-state index in [4.69, 9.17) is 4.74 Å². The molecule has 0 saturated heterocycles. The van der Waals surface area contributed by atoms with Gasteiger partial charge in [0.05, 0.1) is 22.3 Å². The van der Waals surface area contributed by atoms with Gasteiger partial charge in [0, 0.05) is 16.5 Å². The predicted octanol–water partition coefficient (Wildman–Crippen LogP) is 4.59. The lowest BCUT2D eigenvalue weighted by molar-refractivity contribution is -0.137. The normalized spacial score (nSPS) is 13.9. The first-order valence-electron chi connectivity index (χ1n) is 7.21. The van der Waals surface area contributed by atoms with Gasteiger partial charge in [-0.1, -0.05) is 30.3 Å². The summed E-state index contributed by atoms with van der Waals surface area (Å²) in [6, 6.07) is 11.9. The Bertz CT molecular complexity index is 962. The van der Waals surface area contributed by atoms with Crippen molar-refractivity contribution in [1.82, 2.24) is 4.98 Å². The third kappa shape index (κ3) is 2.22.